The van der Waals surface area contributed by atoms with Gasteiger partial charge in [-0.05, 0) is 31.4 Å². The fourth-order valence-electron chi connectivity index (χ4n) is 3.33. The van der Waals surface area contributed by atoms with Crippen molar-refractivity contribution in [3.8, 4) is 0 Å². The highest BCUT2D eigenvalue weighted by molar-refractivity contribution is 5.94. The predicted molar refractivity (Wildman–Crippen MR) is 112 cm³/mol. The number of nitrogens with zero attached hydrogens (tertiary/aromatic N) is 3. The van der Waals surface area contributed by atoms with Crippen LogP contribution in [0.5, 0.6) is 0 Å². The van der Waals surface area contributed by atoms with E-state index >= 15 is 0 Å². The van der Waals surface area contributed by atoms with Crippen LogP contribution in [0.1, 0.15) is 68.6 Å². The summed E-state index contributed by atoms with van der Waals surface area (Å²) < 4.78 is 0. The normalized spacial score (nSPS) is 14.7. The molecule has 2 heterocycles. The maximum absolute atomic E-state index is 12.4. The van der Waals surface area contributed by atoms with Crippen LogP contribution < -0.4 is 5.84 Å². The highest BCUT2D eigenvalue weighted by Gasteiger charge is 2.25. The van der Waals surface area contributed by atoms with Crippen molar-refractivity contribution < 1.29 is 4.79 Å². The minimum Gasteiger partial charge on any atom is -0.339 e. The molecule has 0 spiro atoms. The van der Waals surface area contributed by atoms with Gasteiger partial charge in [-0.2, -0.15) is 0 Å². The van der Waals surface area contributed by atoms with E-state index in [1.165, 1.54) is 38.5 Å². The lowest BCUT2D eigenvalue weighted by Crippen LogP contribution is -2.49. The molecule has 0 unspecified atom stereocenters. The number of hydrogen-bond donors (Lipinski definition) is 1. The Bertz CT molecular complexity index is 482. The SMILES string of the molecule is CCCCCCCCN(N)C1CCN(C(=O)c2ccncc2)CC1.Cl.Cl. The third-order valence-electron chi connectivity index (χ3n) is 4.92. The summed E-state index contributed by atoms with van der Waals surface area (Å²) in [5.41, 5.74) is 0.722. The molecule has 0 aromatic carbocycles. The molecule has 0 atom stereocenters. The minimum absolute atomic E-state index is 0. The van der Waals surface area contributed by atoms with Gasteiger partial charge in [0.2, 0.25) is 0 Å². The molecule has 1 fully saturated rings. The van der Waals surface area contributed by atoms with Gasteiger partial charge in [0.05, 0.1) is 0 Å². The van der Waals surface area contributed by atoms with Crippen molar-refractivity contribution in [2.45, 2.75) is 64.3 Å². The highest BCUT2D eigenvalue weighted by atomic mass is 35.5. The molecule has 1 aromatic rings. The molecule has 0 bridgehead atoms. The van der Waals surface area contributed by atoms with Crippen molar-refractivity contribution in [2.24, 2.45) is 5.84 Å². The van der Waals surface area contributed by atoms with E-state index in [-0.39, 0.29) is 30.7 Å². The Morgan fingerprint density at radius 2 is 1.69 bits per heavy atom. The molecule has 2 rings (SSSR count). The number of carbonyl (C=O) groups excluding carboxylic acids is 1. The summed E-state index contributed by atoms with van der Waals surface area (Å²) in [7, 11) is 0. The molecule has 0 saturated carbocycles. The summed E-state index contributed by atoms with van der Waals surface area (Å²) >= 11 is 0. The van der Waals surface area contributed by atoms with Crippen molar-refractivity contribution in [1.29, 1.82) is 0 Å². The van der Waals surface area contributed by atoms with Crippen LogP contribution in [0.15, 0.2) is 24.5 Å². The smallest absolute Gasteiger partial charge is 0.253 e. The summed E-state index contributed by atoms with van der Waals surface area (Å²) in [5.74, 6) is 6.35. The molecule has 1 aromatic heterocycles. The number of aromatic nitrogens is 1. The second-order valence-electron chi connectivity index (χ2n) is 6.76. The predicted octanol–water partition coefficient (Wildman–Crippen LogP) is 4.07. The monoisotopic (exact) mass is 404 g/mol. The largest absolute Gasteiger partial charge is 0.339 e. The molecule has 1 saturated heterocycles. The highest BCUT2D eigenvalue weighted by Crippen LogP contribution is 2.17. The number of rotatable bonds is 9. The third-order valence-corrected chi connectivity index (χ3v) is 4.92. The van der Waals surface area contributed by atoms with Crippen LogP contribution in [0.3, 0.4) is 0 Å². The van der Waals surface area contributed by atoms with E-state index in [0.717, 1.165) is 38.0 Å². The van der Waals surface area contributed by atoms with Gasteiger partial charge in [-0.15, -0.1) is 24.8 Å². The average Bonchev–Trinajstić information content (AvgIpc) is 2.64. The number of halogens is 2. The molecule has 2 N–H and O–H groups in total. The quantitative estimate of drug-likeness (QED) is 0.382. The molecular formula is C19H34Cl2N4O. The van der Waals surface area contributed by atoms with Crippen LogP contribution in [0, 0.1) is 0 Å². The zero-order valence-corrected chi connectivity index (χ0v) is 17.4. The van der Waals surface area contributed by atoms with Gasteiger partial charge in [0, 0.05) is 43.6 Å². The average molecular weight is 405 g/mol. The molecule has 150 valence electrons. The molecule has 7 heteroatoms. The Balaban J connectivity index is 0.00000312. The zero-order chi connectivity index (χ0) is 17.2. The number of amides is 1. The first-order valence-corrected chi connectivity index (χ1v) is 9.43. The Hall–Kier alpha value is -0.880. The van der Waals surface area contributed by atoms with Gasteiger partial charge in [0.1, 0.15) is 0 Å². The maximum atomic E-state index is 12.4. The van der Waals surface area contributed by atoms with E-state index in [2.05, 4.69) is 11.9 Å². The Morgan fingerprint density at radius 3 is 2.31 bits per heavy atom. The van der Waals surface area contributed by atoms with Crippen molar-refractivity contribution in [1.82, 2.24) is 14.9 Å². The lowest BCUT2D eigenvalue weighted by Gasteiger charge is -2.36. The zero-order valence-electron chi connectivity index (χ0n) is 15.8. The number of unbranched alkanes of at least 4 members (excludes halogenated alkanes) is 5. The van der Waals surface area contributed by atoms with E-state index in [0.29, 0.717) is 6.04 Å². The Labute approximate surface area is 170 Å². The number of pyridine rings is 1. The molecule has 1 aliphatic heterocycles. The fraction of sp³-hybridized carbons (Fsp3) is 0.684. The number of nitrogens with two attached hydrogens (primary N) is 1. The maximum Gasteiger partial charge on any atom is 0.253 e. The number of hydrogen-bond acceptors (Lipinski definition) is 4. The van der Waals surface area contributed by atoms with Crippen LogP contribution >= 0.6 is 24.8 Å². The van der Waals surface area contributed by atoms with Crippen LogP contribution in [0.2, 0.25) is 0 Å². The summed E-state index contributed by atoms with van der Waals surface area (Å²) in [6, 6.07) is 3.96. The van der Waals surface area contributed by atoms with Crippen LogP contribution in [0.4, 0.5) is 0 Å². The van der Waals surface area contributed by atoms with E-state index in [1.807, 2.05) is 9.91 Å². The van der Waals surface area contributed by atoms with Gasteiger partial charge in [-0.1, -0.05) is 39.0 Å². The second kappa shape index (κ2) is 14.2. The Morgan fingerprint density at radius 1 is 1.12 bits per heavy atom. The molecule has 0 aliphatic carbocycles. The second-order valence-corrected chi connectivity index (χ2v) is 6.76. The van der Waals surface area contributed by atoms with Crippen LogP contribution in [-0.4, -0.2) is 46.5 Å². The van der Waals surface area contributed by atoms with Crippen LogP contribution in [0.25, 0.3) is 0 Å². The van der Waals surface area contributed by atoms with Crippen LogP contribution in [-0.2, 0) is 0 Å². The Kier molecular flexibility index (Phi) is 13.7. The lowest BCUT2D eigenvalue weighted by molar-refractivity contribution is 0.0615. The molecular weight excluding hydrogens is 371 g/mol. The van der Waals surface area contributed by atoms with Gasteiger partial charge in [-0.3, -0.25) is 15.6 Å². The first kappa shape index (κ1) is 25.1. The summed E-state index contributed by atoms with van der Waals surface area (Å²) in [6.45, 7) is 4.79. The van der Waals surface area contributed by atoms with E-state index in [4.69, 9.17) is 5.84 Å². The molecule has 0 radical (unpaired) electrons. The molecule has 1 aliphatic rings. The van der Waals surface area contributed by atoms with Crippen molar-refractivity contribution >= 4 is 30.7 Å². The van der Waals surface area contributed by atoms with Crippen molar-refractivity contribution in [3.05, 3.63) is 30.1 Å². The first-order chi connectivity index (χ1) is 11.7. The number of piperidine rings is 1. The van der Waals surface area contributed by atoms with Crippen molar-refractivity contribution in [2.75, 3.05) is 19.6 Å². The van der Waals surface area contributed by atoms with Gasteiger partial charge in [0.25, 0.3) is 5.91 Å². The first-order valence-electron chi connectivity index (χ1n) is 9.43. The van der Waals surface area contributed by atoms with Gasteiger partial charge >= 0.3 is 0 Å². The number of hydrazine groups is 1. The standard InChI is InChI=1S/C19H32N4O.2ClH/c1-2-3-4-5-6-7-14-23(20)18-10-15-22(16-11-18)19(24)17-8-12-21-13-9-17;;/h8-9,12-13,18H,2-7,10-11,14-16,20H2,1H3;2*1H. The number of likely N-dealkylation sites (tertiary alicyclic amines) is 1. The fourth-order valence-corrected chi connectivity index (χ4v) is 3.33. The van der Waals surface area contributed by atoms with Gasteiger partial charge in [-0.25, -0.2) is 5.01 Å². The van der Waals surface area contributed by atoms with Gasteiger partial charge < -0.3 is 4.90 Å². The summed E-state index contributed by atoms with van der Waals surface area (Å²) in [6.07, 6.45) is 13.0. The minimum atomic E-state index is 0. The lowest BCUT2D eigenvalue weighted by atomic mass is 10.0. The topological polar surface area (TPSA) is 62.5 Å². The molecule has 26 heavy (non-hydrogen) atoms. The summed E-state index contributed by atoms with van der Waals surface area (Å²) in [5, 5.41) is 2.01. The molecule has 5 nitrogen and oxygen atoms in total. The van der Waals surface area contributed by atoms with E-state index in [9.17, 15) is 4.79 Å². The molecule has 1 amide bonds. The van der Waals surface area contributed by atoms with Gasteiger partial charge in [0.15, 0.2) is 0 Å². The third kappa shape index (κ3) is 8.21. The van der Waals surface area contributed by atoms with Crippen molar-refractivity contribution in [3.63, 3.8) is 0 Å². The van der Waals surface area contributed by atoms with E-state index < -0.39 is 0 Å². The van der Waals surface area contributed by atoms with E-state index in [1.54, 1.807) is 24.5 Å². The number of carbonyl (C=O) groups is 1. The summed E-state index contributed by atoms with van der Waals surface area (Å²) in [4.78, 5) is 18.3.